The standard InChI is InChI=1S/C11H12BrF2NO3/c1-2-18-8(16)3-7-10(17)9(11(13)14)6(4-12)5-15-7/h5,11,17H,2-4H2,1H3. The number of aromatic nitrogens is 1. The maximum atomic E-state index is 12.8. The minimum Gasteiger partial charge on any atom is -0.506 e. The number of esters is 1. The van der Waals surface area contributed by atoms with Crippen molar-refractivity contribution in [2.75, 3.05) is 6.61 Å². The van der Waals surface area contributed by atoms with Gasteiger partial charge in [0.25, 0.3) is 6.43 Å². The zero-order valence-corrected chi connectivity index (χ0v) is 11.2. The average molecular weight is 324 g/mol. The number of carbonyl (C=O) groups excluding carboxylic acids is 1. The highest BCUT2D eigenvalue weighted by atomic mass is 79.9. The first-order valence-corrected chi connectivity index (χ1v) is 6.32. The fourth-order valence-electron chi connectivity index (χ4n) is 1.42. The summed E-state index contributed by atoms with van der Waals surface area (Å²) >= 11 is 3.04. The summed E-state index contributed by atoms with van der Waals surface area (Å²) in [5.41, 5.74) is -0.412. The van der Waals surface area contributed by atoms with Crippen LogP contribution < -0.4 is 0 Å². The highest BCUT2D eigenvalue weighted by molar-refractivity contribution is 9.08. The van der Waals surface area contributed by atoms with Gasteiger partial charge in [0.1, 0.15) is 5.75 Å². The Labute approximate surface area is 111 Å². The number of hydrogen-bond donors (Lipinski definition) is 1. The molecule has 7 heteroatoms. The molecule has 100 valence electrons. The number of pyridine rings is 1. The predicted molar refractivity (Wildman–Crippen MR) is 63.8 cm³/mol. The van der Waals surface area contributed by atoms with Crippen molar-refractivity contribution in [2.24, 2.45) is 0 Å². The molecule has 0 unspecified atom stereocenters. The number of halogens is 3. The van der Waals surface area contributed by atoms with Crippen LogP contribution in [0.2, 0.25) is 0 Å². The molecule has 0 amide bonds. The summed E-state index contributed by atoms with van der Waals surface area (Å²) in [4.78, 5) is 15.0. The molecule has 1 N–H and O–H groups in total. The van der Waals surface area contributed by atoms with Crippen LogP contribution in [0.15, 0.2) is 6.20 Å². The highest BCUT2D eigenvalue weighted by Crippen LogP contribution is 2.34. The van der Waals surface area contributed by atoms with E-state index >= 15 is 0 Å². The lowest BCUT2D eigenvalue weighted by Crippen LogP contribution is -2.10. The van der Waals surface area contributed by atoms with Crippen LogP contribution in [0, 0.1) is 0 Å². The van der Waals surface area contributed by atoms with E-state index in [1.807, 2.05) is 0 Å². The number of alkyl halides is 3. The Morgan fingerprint density at radius 3 is 2.78 bits per heavy atom. The molecule has 0 radical (unpaired) electrons. The summed E-state index contributed by atoms with van der Waals surface area (Å²) in [5, 5.41) is 9.86. The van der Waals surface area contributed by atoms with Gasteiger partial charge in [-0.25, -0.2) is 8.78 Å². The third-order valence-corrected chi connectivity index (χ3v) is 2.83. The van der Waals surface area contributed by atoms with Gasteiger partial charge in [0.15, 0.2) is 0 Å². The lowest BCUT2D eigenvalue weighted by molar-refractivity contribution is -0.142. The molecule has 1 aromatic rings. The highest BCUT2D eigenvalue weighted by Gasteiger charge is 2.22. The lowest BCUT2D eigenvalue weighted by atomic mass is 10.1. The van der Waals surface area contributed by atoms with Crippen molar-refractivity contribution >= 4 is 21.9 Å². The van der Waals surface area contributed by atoms with Gasteiger partial charge in [-0.1, -0.05) is 15.9 Å². The normalized spacial score (nSPS) is 10.7. The van der Waals surface area contributed by atoms with Crippen LogP contribution in [-0.4, -0.2) is 22.7 Å². The zero-order valence-electron chi connectivity index (χ0n) is 9.62. The van der Waals surface area contributed by atoms with E-state index in [9.17, 15) is 18.7 Å². The first-order valence-electron chi connectivity index (χ1n) is 5.20. The van der Waals surface area contributed by atoms with E-state index in [1.54, 1.807) is 6.92 Å². The summed E-state index contributed by atoms with van der Waals surface area (Å²) < 4.78 is 30.3. The fourth-order valence-corrected chi connectivity index (χ4v) is 1.87. The van der Waals surface area contributed by atoms with Gasteiger partial charge in [-0.3, -0.25) is 9.78 Å². The number of ether oxygens (including phenoxy) is 1. The minimum absolute atomic E-state index is 0.103. The molecule has 0 spiro atoms. The smallest absolute Gasteiger partial charge is 0.312 e. The van der Waals surface area contributed by atoms with Crippen LogP contribution in [0.5, 0.6) is 5.75 Å². The van der Waals surface area contributed by atoms with E-state index in [4.69, 9.17) is 0 Å². The van der Waals surface area contributed by atoms with Gasteiger partial charge in [-0.2, -0.15) is 0 Å². The first-order chi connectivity index (χ1) is 8.51. The fraction of sp³-hybridized carbons (Fsp3) is 0.455. The minimum atomic E-state index is -2.83. The summed E-state index contributed by atoms with van der Waals surface area (Å²) in [6.45, 7) is 1.81. The van der Waals surface area contributed by atoms with Crippen LogP contribution in [0.1, 0.15) is 30.2 Å². The third kappa shape index (κ3) is 3.38. The van der Waals surface area contributed by atoms with E-state index in [-0.39, 0.29) is 29.6 Å². The molecule has 1 aromatic heterocycles. The number of rotatable bonds is 5. The molecular weight excluding hydrogens is 312 g/mol. The number of aromatic hydroxyl groups is 1. The van der Waals surface area contributed by atoms with Gasteiger partial charge in [0.05, 0.1) is 24.3 Å². The van der Waals surface area contributed by atoms with Crippen LogP contribution >= 0.6 is 15.9 Å². The maximum Gasteiger partial charge on any atom is 0.312 e. The molecular formula is C11H12BrF2NO3. The van der Waals surface area contributed by atoms with E-state index in [1.165, 1.54) is 6.20 Å². The summed E-state index contributed by atoms with van der Waals surface area (Å²) in [6, 6.07) is 0. The molecule has 18 heavy (non-hydrogen) atoms. The van der Waals surface area contributed by atoms with Gasteiger partial charge in [-0.05, 0) is 12.5 Å². The van der Waals surface area contributed by atoms with Crippen molar-refractivity contribution in [1.82, 2.24) is 4.98 Å². The molecule has 1 rings (SSSR count). The van der Waals surface area contributed by atoms with E-state index < -0.39 is 23.7 Å². The molecule has 0 aliphatic rings. The summed E-state index contributed by atoms with van der Waals surface area (Å²) in [6.07, 6.45) is -1.95. The Morgan fingerprint density at radius 2 is 2.28 bits per heavy atom. The van der Waals surface area contributed by atoms with E-state index in [0.29, 0.717) is 0 Å². The summed E-state index contributed by atoms with van der Waals surface area (Å²) in [5.74, 6) is -1.26. The van der Waals surface area contributed by atoms with E-state index in [2.05, 4.69) is 25.7 Å². The molecule has 0 bridgehead atoms. The van der Waals surface area contributed by atoms with Gasteiger partial charge in [0.2, 0.25) is 0 Å². The summed E-state index contributed by atoms with van der Waals surface area (Å²) in [7, 11) is 0. The van der Waals surface area contributed by atoms with Crippen LogP contribution in [0.25, 0.3) is 0 Å². The van der Waals surface area contributed by atoms with Crippen molar-refractivity contribution < 1.29 is 23.4 Å². The molecule has 0 fully saturated rings. The van der Waals surface area contributed by atoms with Crippen molar-refractivity contribution in [3.63, 3.8) is 0 Å². The molecule has 0 saturated carbocycles. The molecule has 0 atom stereocenters. The van der Waals surface area contributed by atoms with Crippen molar-refractivity contribution in [1.29, 1.82) is 0 Å². The monoisotopic (exact) mass is 323 g/mol. The van der Waals surface area contributed by atoms with E-state index in [0.717, 1.165) is 0 Å². The SMILES string of the molecule is CCOC(=O)Cc1ncc(CBr)c(C(F)F)c1O. The number of nitrogens with zero attached hydrogens (tertiary/aromatic N) is 1. The Balaban J connectivity index is 3.08. The van der Waals surface area contributed by atoms with Crippen LogP contribution in [-0.2, 0) is 21.3 Å². The van der Waals surface area contributed by atoms with Gasteiger partial charge < -0.3 is 9.84 Å². The molecule has 0 aliphatic heterocycles. The lowest BCUT2D eigenvalue weighted by Gasteiger charge is -2.11. The van der Waals surface area contributed by atoms with Crippen molar-refractivity contribution in [3.8, 4) is 5.75 Å². The largest absolute Gasteiger partial charge is 0.506 e. The second-order valence-corrected chi connectivity index (χ2v) is 3.97. The number of hydrogen-bond acceptors (Lipinski definition) is 4. The van der Waals surface area contributed by atoms with Gasteiger partial charge in [0, 0.05) is 11.5 Å². The second-order valence-electron chi connectivity index (χ2n) is 3.41. The van der Waals surface area contributed by atoms with Crippen LogP contribution in [0.4, 0.5) is 8.78 Å². The van der Waals surface area contributed by atoms with Crippen molar-refractivity contribution in [2.45, 2.75) is 25.1 Å². The zero-order chi connectivity index (χ0) is 13.7. The molecule has 1 heterocycles. The van der Waals surface area contributed by atoms with Gasteiger partial charge in [-0.15, -0.1) is 0 Å². The predicted octanol–water partition coefficient (Wildman–Crippen LogP) is 2.73. The van der Waals surface area contributed by atoms with Gasteiger partial charge >= 0.3 is 5.97 Å². The van der Waals surface area contributed by atoms with Crippen molar-refractivity contribution in [3.05, 3.63) is 23.0 Å². The quantitative estimate of drug-likeness (QED) is 0.668. The second kappa shape index (κ2) is 6.63. The number of carbonyl (C=O) groups is 1. The average Bonchev–Trinajstić information content (AvgIpc) is 2.31. The topological polar surface area (TPSA) is 59.4 Å². The third-order valence-electron chi connectivity index (χ3n) is 2.23. The maximum absolute atomic E-state index is 12.8. The molecule has 0 aliphatic carbocycles. The Kier molecular flexibility index (Phi) is 5.46. The molecule has 0 saturated heterocycles. The van der Waals surface area contributed by atoms with Crippen LogP contribution in [0.3, 0.4) is 0 Å². The first kappa shape index (κ1) is 14.8. The Morgan fingerprint density at radius 1 is 1.61 bits per heavy atom. The molecule has 4 nitrogen and oxygen atoms in total. The Hall–Kier alpha value is -1.24. The Bertz CT molecular complexity index is 441. The molecule has 0 aromatic carbocycles.